The minimum Gasteiger partial charge on any atom is -0.450 e. The van der Waals surface area contributed by atoms with Gasteiger partial charge >= 0.3 is 5.97 Å². The highest BCUT2D eigenvalue weighted by Crippen LogP contribution is 2.23. The summed E-state index contributed by atoms with van der Waals surface area (Å²) in [6, 6.07) is 14.1. The number of amides is 6. The van der Waals surface area contributed by atoms with Crippen LogP contribution in [0.4, 0.5) is 0 Å². The second-order valence-corrected chi connectivity index (χ2v) is 18.9. The maximum Gasteiger partial charge on any atom is 0.307 e. The van der Waals surface area contributed by atoms with Gasteiger partial charge in [0, 0.05) is 37.4 Å². The van der Waals surface area contributed by atoms with Crippen LogP contribution in [0, 0.1) is 24.2 Å². The largest absolute Gasteiger partial charge is 0.450 e. The van der Waals surface area contributed by atoms with Crippen LogP contribution in [0.2, 0.25) is 0 Å². The number of carbonyl (C=O) groups is 8. The number of carbonyl (C=O) groups excluding carboxylic acids is 8. The van der Waals surface area contributed by atoms with Crippen LogP contribution in [0.25, 0.3) is 0 Å². The molecule has 0 saturated carbocycles. The minimum atomic E-state index is -1.71. The number of hydrogen-bond donors (Lipinski definition) is 5. The molecule has 0 aliphatic carbocycles. The van der Waals surface area contributed by atoms with Crippen molar-refractivity contribution >= 4 is 69.8 Å². The number of terminal acetylenes is 1. The Morgan fingerprint density at radius 1 is 0.765 bits per heavy atom. The van der Waals surface area contributed by atoms with E-state index in [0.717, 1.165) is 5.56 Å². The van der Waals surface area contributed by atoms with Crippen molar-refractivity contribution < 1.29 is 47.8 Å². The van der Waals surface area contributed by atoms with Gasteiger partial charge in [0.2, 0.25) is 35.4 Å². The standard InChI is InChI=1S/C50H70IN7O10/c1-8-23-57(7)44(61)31-52-42(59)21-22-45(62)68-50(6,33-51)46(63)39(28-34(2)3)54-49(66)41(30-37-17-13-10-14-18-37)56-48(65)40(29-35(4)5)55-47(64)38(20-19-36-15-11-9-12-16-36)53-43(60)32-58-24-26-67-27-25-58/h1,9-18,34-35,38-41H,19-33H2,2-7H3,(H,52,59)(H,53,60)(H,54,66)(H,55,64)(H,56,65)/t38-,39-,40-,41-,50+/m0/s1. The summed E-state index contributed by atoms with van der Waals surface area (Å²) in [7, 11) is 1.50. The number of rotatable bonds is 28. The first-order chi connectivity index (χ1) is 32.3. The van der Waals surface area contributed by atoms with Gasteiger partial charge in [-0.25, -0.2) is 0 Å². The zero-order valence-corrected chi connectivity index (χ0v) is 42.4. The number of alkyl halides is 1. The Hall–Kier alpha value is -5.39. The fraction of sp³-hybridized carbons (Fsp3) is 0.560. The number of halogens is 1. The summed E-state index contributed by atoms with van der Waals surface area (Å²) < 4.78 is 11.2. The number of esters is 1. The van der Waals surface area contributed by atoms with E-state index in [0.29, 0.717) is 38.3 Å². The lowest BCUT2D eigenvalue weighted by atomic mass is 9.90. The predicted octanol–water partition coefficient (Wildman–Crippen LogP) is 2.52. The second-order valence-electron chi connectivity index (χ2n) is 18.1. The van der Waals surface area contributed by atoms with Gasteiger partial charge in [-0.2, -0.15) is 0 Å². The van der Waals surface area contributed by atoms with E-state index in [-0.39, 0.29) is 80.3 Å². The minimum absolute atomic E-state index is 0.0167. The Kier molecular flexibility index (Phi) is 24.7. The van der Waals surface area contributed by atoms with Crippen molar-refractivity contribution in [3.8, 4) is 12.3 Å². The van der Waals surface area contributed by atoms with Crippen molar-refractivity contribution in [3.63, 3.8) is 0 Å². The zero-order chi connectivity index (χ0) is 50.2. The summed E-state index contributed by atoms with van der Waals surface area (Å²) in [4.78, 5) is 112. The number of morpholine rings is 1. The molecule has 1 aliphatic heterocycles. The molecule has 2 aromatic rings. The zero-order valence-electron chi connectivity index (χ0n) is 40.3. The van der Waals surface area contributed by atoms with Gasteiger partial charge in [0.25, 0.3) is 0 Å². The first-order valence-electron chi connectivity index (χ1n) is 23.2. The highest BCUT2D eigenvalue weighted by atomic mass is 127. The molecule has 5 N–H and O–H groups in total. The lowest BCUT2D eigenvalue weighted by Gasteiger charge is -2.32. The molecule has 3 rings (SSSR count). The number of ether oxygens (including phenoxy) is 2. The molecule has 2 aromatic carbocycles. The Bertz CT molecular complexity index is 2030. The number of nitrogens with zero attached hydrogens (tertiary/aromatic N) is 2. The van der Waals surface area contributed by atoms with Crippen LogP contribution in [0.15, 0.2) is 60.7 Å². The normalized spacial score (nSPS) is 15.3. The number of ketones is 1. The van der Waals surface area contributed by atoms with Gasteiger partial charge in [-0.1, -0.05) is 117 Å². The van der Waals surface area contributed by atoms with Crippen LogP contribution in [0.3, 0.4) is 0 Å². The molecule has 1 heterocycles. The highest BCUT2D eigenvalue weighted by molar-refractivity contribution is 14.1. The molecule has 0 bridgehead atoms. The summed E-state index contributed by atoms with van der Waals surface area (Å²) >= 11 is 1.92. The third-order valence-corrected chi connectivity index (χ3v) is 12.6. The predicted molar refractivity (Wildman–Crippen MR) is 266 cm³/mol. The summed E-state index contributed by atoms with van der Waals surface area (Å²) in [6.45, 7) is 11.0. The molecular formula is C50H70IN7O10. The maximum atomic E-state index is 14.4. The van der Waals surface area contributed by atoms with E-state index in [1.807, 2.05) is 91.6 Å². The summed E-state index contributed by atoms with van der Waals surface area (Å²) in [5.41, 5.74) is -0.0253. The number of benzene rings is 2. The van der Waals surface area contributed by atoms with Crippen molar-refractivity contribution in [1.29, 1.82) is 0 Å². The Morgan fingerprint density at radius 2 is 1.31 bits per heavy atom. The average Bonchev–Trinajstić information content (AvgIpc) is 3.31. The number of aryl methyl sites for hydroxylation is 1. The maximum absolute atomic E-state index is 14.4. The number of likely N-dealkylation sites (N-methyl/N-ethyl adjacent to an activating group) is 1. The molecule has 1 saturated heterocycles. The molecule has 1 fully saturated rings. The van der Waals surface area contributed by atoms with Crippen LogP contribution < -0.4 is 26.6 Å². The SMILES string of the molecule is C#CCN(C)C(=O)CNC(=O)CCC(=O)O[C@](C)(CI)C(=O)[C@H](CC(C)C)NC(=O)[C@H](Cc1ccccc1)NC(=O)[C@H](CC(C)C)NC(=O)[C@H](CCc1ccccc1)NC(=O)CN1CCOCC1. The lowest BCUT2D eigenvalue weighted by Crippen LogP contribution is -2.60. The molecular weight excluding hydrogens is 985 g/mol. The van der Waals surface area contributed by atoms with Crippen LogP contribution in [0.1, 0.15) is 77.8 Å². The molecule has 18 heteroatoms. The van der Waals surface area contributed by atoms with Crippen molar-refractivity contribution in [2.75, 3.05) is 57.4 Å². The Morgan fingerprint density at radius 3 is 1.90 bits per heavy atom. The quantitative estimate of drug-likeness (QED) is 0.0361. The molecule has 17 nitrogen and oxygen atoms in total. The van der Waals surface area contributed by atoms with Gasteiger partial charge in [-0.15, -0.1) is 6.42 Å². The molecule has 5 atom stereocenters. The number of Topliss-reactive ketones (excluding diaryl/α,β-unsaturated/α-hetero) is 1. The van der Waals surface area contributed by atoms with Crippen LogP contribution >= 0.6 is 22.6 Å². The third-order valence-electron chi connectivity index (χ3n) is 11.1. The first-order valence-corrected chi connectivity index (χ1v) is 24.7. The van der Waals surface area contributed by atoms with E-state index in [1.54, 1.807) is 24.3 Å². The van der Waals surface area contributed by atoms with Gasteiger partial charge in [0.05, 0.1) is 45.3 Å². The van der Waals surface area contributed by atoms with Gasteiger partial charge in [0.15, 0.2) is 11.4 Å². The molecule has 6 amide bonds. The van der Waals surface area contributed by atoms with Crippen molar-refractivity contribution in [3.05, 3.63) is 71.8 Å². The number of hydrogen-bond acceptors (Lipinski definition) is 11. The Balaban J connectivity index is 1.81. The molecule has 0 unspecified atom stereocenters. The topological polar surface area (TPSA) is 222 Å². The van der Waals surface area contributed by atoms with Crippen molar-refractivity contribution in [2.24, 2.45) is 11.8 Å². The number of nitrogens with one attached hydrogen (secondary N) is 5. The van der Waals surface area contributed by atoms with Gasteiger partial charge in [0.1, 0.15) is 18.1 Å². The van der Waals surface area contributed by atoms with Crippen LogP contribution in [-0.2, 0) is 60.7 Å². The summed E-state index contributed by atoms with van der Waals surface area (Å²) in [5.74, 6) is -2.42. The second kappa shape index (κ2) is 29.5. The molecule has 372 valence electrons. The van der Waals surface area contributed by atoms with Gasteiger partial charge in [-0.3, -0.25) is 43.3 Å². The molecule has 0 aromatic heterocycles. The molecule has 0 radical (unpaired) electrons. The van der Waals surface area contributed by atoms with Gasteiger partial charge in [-0.05, 0) is 55.6 Å². The highest BCUT2D eigenvalue weighted by Gasteiger charge is 2.42. The van der Waals surface area contributed by atoms with E-state index >= 15 is 0 Å². The molecule has 1 aliphatic rings. The lowest BCUT2D eigenvalue weighted by molar-refractivity contribution is -0.164. The van der Waals surface area contributed by atoms with E-state index in [2.05, 4.69) is 32.5 Å². The molecule has 68 heavy (non-hydrogen) atoms. The van der Waals surface area contributed by atoms with Crippen molar-refractivity contribution in [2.45, 2.75) is 109 Å². The van der Waals surface area contributed by atoms with E-state index < -0.39 is 71.1 Å². The summed E-state index contributed by atoms with van der Waals surface area (Å²) in [6.07, 6.45) is 5.71. The monoisotopic (exact) mass is 1060 g/mol. The fourth-order valence-corrected chi connectivity index (χ4v) is 7.89. The fourth-order valence-electron chi connectivity index (χ4n) is 7.36. The van der Waals surface area contributed by atoms with Crippen LogP contribution in [-0.4, -0.2) is 144 Å². The average molecular weight is 1060 g/mol. The van der Waals surface area contributed by atoms with E-state index in [1.165, 1.54) is 18.9 Å². The molecule has 0 spiro atoms. The van der Waals surface area contributed by atoms with E-state index in [9.17, 15) is 38.4 Å². The van der Waals surface area contributed by atoms with Crippen LogP contribution in [0.5, 0.6) is 0 Å². The van der Waals surface area contributed by atoms with Gasteiger partial charge < -0.3 is 41.0 Å². The summed E-state index contributed by atoms with van der Waals surface area (Å²) in [5, 5.41) is 14.0. The Labute approximate surface area is 414 Å². The first kappa shape index (κ1) is 56.9. The van der Waals surface area contributed by atoms with E-state index in [4.69, 9.17) is 15.9 Å². The van der Waals surface area contributed by atoms with Crippen molar-refractivity contribution in [1.82, 2.24) is 36.4 Å². The third kappa shape index (κ3) is 20.5. The smallest absolute Gasteiger partial charge is 0.307 e.